The Morgan fingerprint density at radius 3 is 2.71 bits per heavy atom. The number of amides is 2. The summed E-state index contributed by atoms with van der Waals surface area (Å²) >= 11 is 3.48. The normalized spacial score (nSPS) is 10.6. The molecule has 0 unspecified atom stereocenters. The maximum absolute atomic E-state index is 10.6. The topological polar surface area (TPSA) is 85.9 Å². The molecule has 2 amide bonds. The van der Waals surface area contributed by atoms with E-state index in [-0.39, 0.29) is 0 Å². The number of primary amides is 1. The van der Waals surface area contributed by atoms with Crippen molar-refractivity contribution < 1.29 is 14.3 Å². The third-order valence-corrected chi connectivity index (χ3v) is 3.54. The van der Waals surface area contributed by atoms with Gasteiger partial charge in [-0.3, -0.25) is 0 Å². The average Bonchev–Trinajstić information content (AvgIpc) is 2.55. The van der Waals surface area contributed by atoms with E-state index in [1.807, 2.05) is 43.3 Å². The number of hydrogen-bond donors (Lipinski definition) is 2. The van der Waals surface area contributed by atoms with Gasteiger partial charge in [0.1, 0.15) is 6.61 Å². The summed E-state index contributed by atoms with van der Waals surface area (Å²) in [5, 5.41) is 3.74. The van der Waals surface area contributed by atoms with Gasteiger partial charge < -0.3 is 15.2 Å². The molecule has 24 heavy (non-hydrogen) atoms. The van der Waals surface area contributed by atoms with Crippen molar-refractivity contribution in [1.82, 2.24) is 5.43 Å². The van der Waals surface area contributed by atoms with Crippen molar-refractivity contribution in [3.05, 3.63) is 58.1 Å². The Morgan fingerprint density at radius 2 is 2.04 bits per heavy atom. The van der Waals surface area contributed by atoms with Crippen molar-refractivity contribution in [3.63, 3.8) is 0 Å². The largest absolute Gasteiger partial charge is 0.490 e. The van der Waals surface area contributed by atoms with Gasteiger partial charge in [-0.2, -0.15) is 5.10 Å². The maximum atomic E-state index is 10.6. The molecule has 0 fully saturated rings. The van der Waals surface area contributed by atoms with Gasteiger partial charge in [-0.25, -0.2) is 10.2 Å². The molecule has 0 spiro atoms. The summed E-state index contributed by atoms with van der Waals surface area (Å²) < 4.78 is 12.3. The fraction of sp³-hybridized carbons (Fsp3) is 0.176. The molecule has 0 aliphatic carbocycles. The zero-order chi connectivity index (χ0) is 17.4. The average molecular weight is 392 g/mol. The van der Waals surface area contributed by atoms with Gasteiger partial charge >= 0.3 is 6.03 Å². The molecule has 3 N–H and O–H groups in total. The van der Waals surface area contributed by atoms with Gasteiger partial charge in [-0.1, -0.05) is 30.3 Å². The first-order valence-corrected chi connectivity index (χ1v) is 8.11. The van der Waals surface area contributed by atoms with Gasteiger partial charge in [0, 0.05) is 0 Å². The van der Waals surface area contributed by atoms with E-state index in [1.165, 1.54) is 6.21 Å². The molecule has 0 aliphatic heterocycles. The molecule has 0 aromatic heterocycles. The first kappa shape index (κ1) is 17.8. The smallest absolute Gasteiger partial charge is 0.332 e. The number of nitrogens with one attached hydrogen (secondary N) is 1. The highest BCUT2D eigenvalue weighted by molar-refractivity contribution is 9.10. The highest BCUT2D eigenvalue weighted by Gasteiger charge is 2.12. The van der Waals surface area contributed by atoms with E-state index in [0.29, 0.717) is 24.7 Å². The Kier molecular flexibility index (Phi) is 6.62. The number of urea groups is 1. The molecule has 126 valence electrons. The molecule has 7 heteroatoms. The second kappa shape index (κ2) is 8.93. The zero-order valence-corrected chi connectivity index (χ0v) is 14.7. The molecule has 0 atom stereocenters. The monoisotopic (exact) mass is 391 g/mol. The van der Waals surface area contributed by atoms with E-state index in [2.05, 4.69) is 26.5 Å². The lowest BCUT2D eigenvalue weighted by atomic mass is 10.2. The third kappa shape index (κ3) is 5.27. The van der Waals surface area contributed by atoms with Gasteiger partial charge in [0.2, 0.25) is 0 Å². The van der Waals surface area contributed by atoms with Gasteiger partial charge in [0.25, 0.3) is 0 Å². The Balaban J connectivity index is 2.20. The van der Waals surface area contributed by atoms with Crippen molar-refractivity contribution in [2.75, 3.05) is 6.61 Å². The summed E-state index contributed by atoms with van der Waals surface area (Å²) in [5.74, 6) is 1.20. The van der Waals surface area contributed by atoms with Gasteiger partial charge in [-0.05, 0) is 46.1 Å². The molecular weight excluding hydrogens is 374 g/mol. The zero-order valence-electron chi connectivity index (χ0n) is 13.2. The van der Waals surface area contributed by atoms with Crippen LogP contribution in [-0.4, -0.2) is 18.9 Å². The summed E-state index contributed by atoms with van der Waals surface area (Å²) in [6, 6.07) is 12.7. The van der Waals surface area contributed by atoms with Crippen LogP contribution in [0.3, 0.4) is 0 Å². The summed E-state index contributed by atoms with van der Waals surface area (Å²) in [7, 11) is 0. The van der Waals surface area contributed by atoms with Crippen LogP contribution in [0.1, 0.15) is 18.1 Å². The SMILES string of the molecule is CCOc1cc(/C=N/NC(N)=O)cc(Br)c1OCc1ccccc1. The number of benzene rings is 2. The Hall–Kier alpha value is -2.54. The predicted molar refractivity (Wildman–Crippen MR) is 96.4 cm³/mol. The molecule has 0 saturated carbocycles. The number of hydrogen-bond acceptors (Lipinski definition) is 4. The number of ether oxygens (including phenoxy) is 2. The van der Waals surface area contributed by atoms with Crippen molar-refractivity contribution >= 4 is 28.2 Å². The highest BCUT2D eigenvalue weighted by atomic mass is 79.9. The quantitative estimate of drug-likeness (QED) is 0.559. The molecule has 0 aliphatic rings. The van der Waals surface area contributed by atoms with Crippen LogP contribution in [-0.2, 0) is 6.61 Å². The number of carbonyl (C=O) groups is 1. The van der Waals surface area contributed by atoms with Crippen LogP contribution in [0, 0.1) is 0 Å². The van der Waals surface area contributed by atoms with Crippen molar-refractivity contribution in [3.8, 4) is 11.5 Å². The van der Waals surface area contributed by atoms with E-state index < -0.39 is 6.03 Å². The van der Waals surface area contributed by atoms with E-state index in [0.717, 1.165) is 15.6 Å². The number of nitrogens with zero attached hydrogens (tertiary/aromatic N) is 1. The molecule has 0 radical (unpaired) electrons. The van der Waals surface area contributed by atoms with Gasteiger partial charge in [-0.15, -0.1) is 0 Å². The van der Waals surface area contributed by atoms with Crippen LogP contribution >= 0.6 is 15.9 Å². The molecule has 0 bridgehead atoms. The van der Waals surface area contributed by atoms with Crippen molar-refractivity contribution in [2.45, 2.75) is 13.5 Å². The lowest BCUT2D eigenvalue weighted by Gasteiger charge is -2.14. The van der Waals surface area contributed by atoms with Crippen LogP contribution in [0.4, 0.5) is 4.79 Å². The number of nitrogens with two attached hydrogens (primary N) is 1. The van der Waals surface area contributed by atoms with Crippen LogP contribution in [0.2, 0.25) is 0 Å². The molecule has 0 saturated heterocycles. The summed E-state index contributed by atoms with van der Waals surface area (Å²) in [5.41, 5.74) is 8.90. The lowest BCUT2D eigenvalue weighted by molar-refractivity contribution is 0.249. The number of rotatable bonds is 7. The summed E-state index contributed by atoms with van der Waals surface area (Å²) in [6.45, 7) is 2.81. The van der Waals surface area contributed by atoms with E-state index in [1.54, 1.807) is 6.07 Å². The van der Waals surface area contributed by atoms with Crippen LogP contribution in [0.5, 0.6) is 11.5 Å². The third-order valence-electron chi connectivity index (χ3n) is 2.95. The fourth-order valence-corrected chi connectivity index (χ4v) is 2.54. The van der Waals surface area contributed by atoms with E-state index in [4.69, 9.17) is 15.2 Å². The van der Waals surface area contributed by atoms with Crippen LogP contribution < -0.4 is 20.6 Å². The van der Waals surface area contributed by atoms with Gasteiger partial charge in [0.15, 0.2) is 11.5 Å². The molecule has 2 rings (SSSR count). The van der Waals surface area contributed by atoms with E-state index in [9.17, 15) is 4.79 Å². The lowest BCUT2D eigenvalue weighted by Crippen LogP contribution is -2.24. The first-order valence-electron chi connectivity index (χ1n) is 7.31. The predicted octanol–water partition coefficient (Wildman–Crippen LogP) is 3.43. The second-order valence-corrected chi connectivity index (χ2v) is 5.63. The minimum Gasteiger partial charge on any atom is -0.490 e. The standard InChI is InChI=1S/C17H18BrN3O3/c1-2-23-15-9-13(10-20-21-17(19)22)8-14(18)16(15)24-11-12-6-4-3-5-7-12/h3-10H,2,11H2,1H3,(H3,19,21,22)/b20-10+. The van der Waals surface area contributed by atoms with Crippen molar-refractivity contribution in [1.29, 1.82) is 0 Å². The second-order valence-electron chi connectivity index (χ2n) is 4.77. The Morgan fingerprint density at radius 1 is 1.29 bits per heavy atom. The molecule has 2 aromatic rings. The summed E-state index contributed by atoms with van der Waals surface area (Å²) in [6.07, 6.45) is 1.47. The first-order chi connectivity index (χ1) is 11.6. The molecule has 0 heterocycles. The number of carbonyl (C=O) groups excluding carboxylic acids is 1. The Labute approximate surface area is 148 Å². The highest BCUT2D eigenvalue weighted by Crippen LogP contribution is 2.37. The summed E-state index contributed by atoms with van der Waals surface area (Å²) in [4.78, 5) is 10.6. The number of halogens is 1. The maximum Gasteiger partial charge on any atom is 0.332 e. The van der Waals surface area contributed by atoms with Crippen molar-refractivity contribution in [2.24, 2.45) is 10.8 Å². The van der Waals surface area contributed by atoms with Crippen LogP contribution in [0.15, 0.2) is 52.0 Å². The van der Waals surface area contributed by atoms with Gasteiger partial charge in [0.05, 0.1) is 17.3 Å². The molecular formula is C17H18BrN3O3. The fourth-order valence-electron chi connectivity index (χ4n) is 1.97. The minimum absolute atomic E-state index is 0.427. The van der Waals surface area contributed by atoms with E-state index >= 15 is 0 Å². The van der Waals surface area contributed by atoms with Crippen LogP contribution in [0.25, 0.3) is 0 Å². The Bertz CT molecular complexity index is 721. The minimum atomic E-state index is -0.724. The number of hydrazone groups is 1. The molecule has 2 aromatic carbocycles. The molecule has 6 nitrogen and oxygen atoms in total.